The van der Waals surface area contributed by atoms with Gasteiger partial charge >= 0.3 is 0 Å². The standard InChI is InChI=1S/C29H19N3/c1-29(2)25-6-4-3-5-21(25)22-15-20(9-10-26(22)29)32-27-11-7-18(16-30)13-23(27)24-14-19(17-31)8-12-28(24)32/h3-15H,1-2H3. The van der Waals surface area contributed by atoms with E-state index >= 15 is 0 Å². The molecule has 0 saturated heterocycles. The summed E-state index contributed by atoms with van der Waals surface area (Å²) in [6, 6.07) is 31.4. The molecule has 0 fully saturated rings. The molecule has 5 aromatic rings. The van der Waals surface area contributed by atoms with Gasteiger partial charge < -0.3 is 4.57 Å². The van der Waals surface area contributed by atoms with Gasteiger partial charge in [-0.1, -0.05) is 44.2 Å². The molecule has 1 aliphatic carbocycles. The second-order valence-electron chi connectivity index (χ2n) is 8.92. The molecular weight excluding hydrogens is 390 g/mol. The molecule has 6 rings (SSSR count). The van der Waals surface area contributed by atoms with Crippen molar-refractivity contribution in [2.45, 2.75) is 19.3 Å². The first-order valence-electron chi connectivity index (χ1n) is 10.7. The maximum Gasteiger partial charge on any atom is 0.0991 e. The van der Waals surface area contributed by atoms with Crippen LogP contribution in [0.15, 0.2) is 78.9 Å². The normalized spacial score (nSPS) is 13.5. The summed E-state index contributed by atoms with van der Waals surface area (Å²) in [4.78, 5) is 0. The smallest absolute Gasteiger partial charge is 0.0991 e. The molecule has 0 aliphatic heterocycles. The van der Waals surface area contributed by atoms with Crippen LogP contribution in [-0.4, -0.2) is 4.57 Å². The van der Waals surface area contributed by atoms with E-state index < -0.39 is 0 Å². The quantitative estimate of drug-likeness (QED) is 0.304. The number of nitriles is 2. The number of hydrogen-bond acceptors (Lipinski definition) is 2. The lowest BCUT2D eigenvalue weighted by Crippen LogP contribution is -2.14. The van der Waals surface area contributed by atoms with E-state index in [0.717, 1.165) is 27.5 Å². The van der Waals surface area contributed by atoms with Crippen LogP contribution in [0.5, 0.6) is 0 Å². The molecule has 1 aromatic heterocycles. The number of benzene rings is 4. The third-order valence-corrected chi connectivity index (χ3v) is 6.85. The summed E-state index contributed by atoms with van der Waals surface area (Å²) in [6.07, 6.45) is 0. The Morgan fingerprint density at radius 3 is 1.88 bits per heavy atom. The van der Waals surface area contributed by atoms with E-state index in [9.17, 15) is 10.5 Å². The molecule has 0 saturated carbocycles. The van der Waals surface area contributed by atoms with Gasteiger partial charge in [-0.25, -0.2) is 0 Å². The van der Waals surface area contributed by atoms with E-state index in [1.807, 2.05) is 36.4 Å². The van der Waals surface area contributed by atoms with Gasteiger partial charge in [0.1, 0.15) is 0 Å². The minimum atomic E-state index is -0.0331. The summed E-state index contributed by atoms with van der Waals surface area (Å²) in [5, 5.41) is 20.8. The van der Waals surface area contributed by atoms with Gasteiger partial charge in [-0.2, -0.15) is 10.5 Å². The summed E-state index contributed by atoms with van der Waals surface area (Å²) in [5.74, 6) is 0. The summed E-state index contributed by atoms with van der Waals surface area (Å²) in [6.45, 7) is 4.56. The number of nitrogens with zero attached hydrogens (tertiary/aromatic N) is 3. The predicted molar refractivity (Wildman–Crippen MR) is 128 cm³/mol. The first-order valence-corrected chi connectivity index (χ1v) is 10.7. The molecule has 0 N–H and O–H groups in total. The molecular formula is C29H19N3. The average Bonchev–Trinajstić information content (AvgIpc) is 3.27. The number of rotatable bonds is 1. The molecule has 0 bridgehead atoms. The van der Waals surface area contributed by atoms with Gasteiger partial charge in [-0.05, 0) is 70.8 Å². The molecule has 32 heavy (non-hydrogen) atoms. The molecule has 3 nitrogen and oxygen atoms in total. The van der Waals surface area contributed by atoms with Crippen LogP contribution < -0.4 is 0 Å². The van der Waals surface area contributed by atoms with Gasteiger partial charge in [-0.3, -0.25) is 0 Å². The zero-order chi connectivity index (χ0) is 22.0. The van der Waals surface area contributed by atoms with Crippen molar-refractivity contribution >= 4 is 21.8 Å². The zero-order valence-electron chi connectivity index (χ0n) is 17.8. The van der Waals surface area contributed by atoms with Gasteiger partial charge in [-0.15, -0.1) is 0 Å². The molecule has 0 unspecified atom stereocenters. The summed E-state index contributed by atoms with van der Waals surface area (Å²) >= 11 is 0. The van der Waals surface area contributed by atoms with Crippen LogP contribution in [0.2, 0.25) is 0 Å². The highest BCUT2D eigenvalue weighted by Gasteiger charge is 2.35. The van der Waals surface area contributed by atoms with Crippen molar-refractivity contribution < 1.29 is 0 Å². The maximum absolute atomic E-state index is 9.43. The van der Waals surface area contributed by atoms with E-state index in [4.69, 9.17) is 0 Å². The van der Waals surface area contributed by atoms with Gasteiger partial charge in [0.05, 0.1) is 34.3 Å². The Hall–Kier alpha value is -4.34. The second kappa shape index (κ2) is 6.33. The molecule has 4 aromatic carbocycles. The summed E-state index contributed by atoms with van der Waals surface area (Å²) in [5.41, 5.74) is 9.56. The summed E-state index contributed by atoms with van der Waals surface area (Å²) < 4.78 is 2.24. The number of aromatic nitrogens is 1. The summed E-state index contributed by atoms with van der Waals surface area (Å²) in [7, 11) is 0. The highest BCUT2D eigenvalue weighted by atomic mass is 15.0. The largest absolute Gasteiger partial charge is 0.309 e. The van der Waals surface area contributed by atoms with Crippen LogP contribution in [0.1, 0.15) is 36.1 Å². The van der Waals surface area contributed by atoms with Crippen molar-refractivity contribution in [3.8, 4) is 29.0 Å². The fraction of sp³-hybridized carbons (Fsp3) is 0.103. The van der Waals surface area contributed by atoms with Crippen LogP contribution in [0.3, 0.4) is 0 Å². The van der Waals surface area contributed by atoms with Gasteiger partial charge in [0, 0.05) is 21.9 Å². The van der Waals surface area contributed by atoms with Crippen molar-refractivity contribution in [3.63, 3.8) is 0 Å². The lowest BCUT2D eigenvalue weighted by atomic mass is 9.82. The fourth-order valence-corrected chi connectivity index (χ4v) is 5.29. The highest BCUT2D eigenvalue weighted by molar-refractivity contribution is 6.10. The van der Waals surface area contributed by atoms with Gasteiger partial charge in [0.15, 0.2) is 0 Å². The Morgan fingerprint density at radius 1 is 0.656 bits per heavy atom. The van der Waals surface area contributed by atoms with Crippen LogP contribution in [0.25, 0.3) is 38.6 Å². The molecule has 0 atom stereocenters. The molecule has 0 radical (unpaired) electrons. The van der Waals surface area contributed by atoms with E-state index in [1.165, 1.54) is 22.3 Å². The first-order chi connectivity index (χ1) is 15.5. The van der Waals surface area contributed by atoms with Crippen LogP contribution in [0.4, 0.5) is 0 Å². The molecule has 0 amide bonds. The number of fused-ring (bicyclic) bond motifs is 6. The SMILES string of the molecule is CC1(C)c2ccccc2-c2cc(-n3c4ccc(C#N)cc4c4cc(C#N)ccc43)ccc21. The van der Waals surface area contributed by atoms with E-state index in [0.29, 0.717) is 11.1 Å². The van der Waals surface area contributed by atoms with Crippen molar-refractivity contribution in [3.05, 3.63) is 101 Å². The predicted octanol–water partition coefficient (Wildman–Crippen LogP) is 6.83. The van der Waals surface area contributed by atoms with Gasteiger partial charge in [0.2, 0.25) is 0 Å². The Bertz CT molecular complexity index is 1600. The number of hydrogen-bond donors (Lipinski definition) is 0. The molecule has 0 spiro atoms. The molecule has 1 heterocycles. The minimum absolute atomic E-state index is 0.0331. The molecule has 1 aliphatic rings. The lowest BCUT2D eigenvalue weighted by molar-refractivity contribution is 0.660. The third kappa shape index (κ3) is 2.34. The first kappa shape index (κ1) is 18.4. The Kier molecular flexibility index (Phi) is 3.65. The van der Waals surface area contributed by atoms with E-state index in [-0.39, 0.29) is 5.41 Å². The third-order valence-electron chi connectivity index (χ3n) is 6.85. The van der Waals surface area contributed by atoms with E-state index in [1.54, 1.807) is 0 Å². The lowest BCUT2D eigenvalue weighted by Gasteiger charge is -2.21. The highest BCUT2D eigenvalue weighted by Crippen LogP contribution is 2.49. The van der Waals surface area contributed by atoms with Crippen molar-refractivity contribution in [1.82, 2.24) is 4.57 Å². The Morgan fingerprint density at radius 2 is 1.25 bits per heavy atom. The van der Waals surface area contributed by atoms with Crippen molar-refractivity contribution in [2.75, 3.05) is 0 Å². The second-order valence-corrected chi connectivity index (χ2v) is 8.92. The van der Waals surface area contributed by atoms with Crippen LogP contribution in [0, 0.1) is 22.7 Å². The Balaban J connectivity index is 1.69. The minimum Gasteiger partial charge on any atom is -0.309 e. The zero-order valence-corrected chi connectivity index (χ0v) is 17.8. The molecule has 150 valence electrons. The average molecular weight is 409 g/mol. The van der Waals surface area contributed by atoms with Crippen molar-refractivity contribution in [2.24, 2.45) is 0 Å². The fourth-order valence-electron chi connectivity index (χ4n) is 5.29. The molecule has 3 heteroatoms. The van der Waals surface area contributed by atoms with Crippen LogP contribution >= 0.6 is 0 Å². The topological polar surface area (TPSA) is 52.5 Å². The Labute approximate surface area is 186 Å². The monoisotopic (exact) mass is 409 g/mol. The van der Waals surface area contributed by atoms with E-state index in [2.05, 4.69) is 73.0 Å². The van der Waals surface area contributed by atoms with Crippen molar-refractivity contribution in [1.29, 1.82) is 10.5 Å². The van der Waals surface area contributed by atoms with Gasteiger partial charge in [0.25, 0.3) is 0 Å². The van der Waals surface area contributed by atoms with Crippen LogP contribution in [-0.2, 0) is 5.41 Å². The maximum atomic E-state index is 9.43.